The topological polar surface area (TPSA) is 42.7 Å². The van der Waals surface area contributed by atoms with Gasteiger partial charge >= 0.3 is 5.97 Å². The molecule has 1 heterocycles. The normalized spacial score (nSPS) is 11.3. The number of nitrogens with zero attached hydrogens (tertiary/aromatic N) is 1. The van der Waals surface area contributed by atoms with Crippen LogP contribution < -0.4 is 0 Å². The smallest absolute Gasteiger partial charge is 0.374 e. The van der Waals surface area contributed by atoms with Gasteiger partial charge in [0.05, 0.1) is 6.61 Å². The Hall–Kier alpha value is -2.73. The summed E-state index contributed by atoms with van der Waals surface area (Å²) in [6.07, 6.45) is 0.939. The predicted octanol–water partition coefficient (Wildman–Crippen LogP) is 7.32. The number of hydrogen-bond donors (Lipinski definition) is 0. The molecule has 0 spiro atoms. The molecule has 0 fully saturated rings. The summed E-state index contributed by atoms with van der Waals surface area (Å²) >= 11 is 7.91. The number of carbonyl (C=O) groups is 1. The fraction of sp³-hybridized carbons (Fsp3) is 0.222. The molecule has 0 saturated carbocycles. The van der Waals surface area contributed by atoms with Gasteiger partial charge in [0.15, 0.2) is 0 Å². The van der Waals surface area contributed by atoms with Crippen molar-refractivity contribution in [3.8, 4) is 0 Å². The molecule has 0 aliphatic carbocycles. The maximum atomic E-state index is 12.2. The van der Waals surface area contributed by atoms with Crippen LogP contribution in [0.3, 0.4) is 0 Å². The lowest BCUT2D eigenvalue weighted by Crippen LogP contribution is -2.18. The molecule has 0 saturated heterocycles. The second kappa shape index (κ2) is 10.9. The molecule has 0 radical (unpaired) electrons. The Kier molecular flexibility index (Phi) is 7.76. The number of halogens is 1. The van der Waals surface area contributed by atoms with Crippen LogP contribution in [0, 0.1) is 6.92 Å². The third kappa shape index (κ3) is 5.99. The van der Waals surface area contributed by atoms with Gasteiger partial charge in [-0.15, -0.1) is 0 Å². The van der Waals surface area contributed by atoms with Crippen LogP contribution >= 0.6 is 23.5 Å². The average Bonchev–Trinajstić information content (AvgIpc) is 3.14. The van der Waals surface area contributed by atoms with Crippen LogP contribution in [-0.2, 0) is 17.7 Å². The molecule has 0 N–H and O–H groups in total. The molecule has 4 nitrogen and oxygen atoms in total. The zero-order chi connectivity index (χ0) is 23.2. The summed E-state index contributed by atoms with van der Waals surface area (Å²) in [5, 5.41) is 1.66. The molecular weight excluding hydrogens is 454 g/mol. The van der Waals surface area contributed by atoms with E-state index in [2.05, 4.69) is 40.7 Å². The van der Waals surface area contributed by atoms with Crippen molar-refractivity contribution in [2.24, 2.45) is 0 Å². The molecule has 4 aromatic rings. The first kappa shape index (κ1) is 23.4. The minimum absolute atomic E-state index is 0.272. The molecule has 0 bridgehead atoms. The molecule has 6 heteroatoms. The van der Waals surface area contributed by atoms with Gasteiger partial charge in [-0.25, -0.2) is 9.10 Å². The lowest BCUT2D eigenvalue weighted by atomic mass is 10.1. The van der Waals surface area contributed by atoms with Gasteiger partial charge in [0.1, 0.15) is 5.58 Å². The highest BCUT2D eigenvalue weighted by atomic mass is 35.5. The van der Waals surface area contributed by atoms with Crippen LogP contribution in [0.25, 0.3) is 11.0 Å². The van der Waals surface area contributed by atoms with Crippen molar-refractivity contribution in [2.45, 2.75) is 31.7 Å². The van der Waals surface area contributed by atoms with Crippen LogP contribution in [0.2, 0.25) is 5.02 Å². The molecule has 0 aliphatic heterocycles. The molecule has 3 aromatic carbocycles. The second-order valence-corrected chi connectivity index (χ2v) is 9.36. The fourth-order valence-corrected chi connectivity index (χ4v) is 4.90. The number of esters is 1. The predicted molar refractivity (Wildman–Crippen MR) is 135 cm³/mol. The molecule has 0 amide bonds. The number of fused-ring (bicyclic) bond motifs is 1. The Morgan fingerprint density at radius 1 is 1.03 bits per heavy atom. The van der Waals surface area contributed by atoms with E-state index in [-0.39, 0.29) is 5.76 Å². The fourth-order valence-electron chi connectivity index (χ4n) is 3.69. The second-order valence-electron chi connectivity index (χ2n) is 7.75. The lowest BCUT2D eigenvalue weighted by molar-refractivity contribution is 0.0491. The first-order valence-electron chi connectivity index (χ1n) is 10.9. The summed E-state index contributed by atoms with van der Waals surface area (Å²) in [5.41, 5.74) is 3.95. The van der Waals surface area contributed by atoms with Gasteiger partial charge in [-0.2, -0.15) is 0 Å². The maximum Gasteiger partial charge on any atom is 0.374 e. The van der Waals surface area contributed by atoms with E-state index in [0.29, 0.717) is 12.2 Å². The van der Waals surface area contributed by atoms with Gasteiger partial charge in [-0.05, 0) is 73.7 Å². The molecule has 170 valence electrons. The largest absolute Gasteiger partial charge is 0.460 e. The number of rotatable bonds is 9. The Bertz CT molecular complexity index is 1240. The van der Waals surface area contributed by atoms with Gasteiger partial charge in [0, 0.05) is 34.0 Å². The summed E-state index contributed by atoms with van der Waals surface area (Å²) < 4.78 is 13.2. The molecule has 0 aliphatic rings. The van der Waals surface area contributed by atoms with Gasteiger partial charge in [-0.1, -0.05) is 54.1 Å². The monoisotopic (exact) mass is 479 g/mol. The van der Waals surface area contributed by atoms with Crippen molar-refractivity contribution in [3.05, 3.63) is 100 Å². The number of aryl methyl sites for hydroxylation is 1. The van der Waals surface area contributed by atoms with E-state index in [1.165, 1.54) is 5.56 Å². The van der Waals surface area contributed by atoms with Crippen molar-refractivity contribution in [2.75, 3.05) is 13.2 Å². The minimum atomic E-state index is -0.425. The summed E-state index contributed by atoms with van der Waals surface area (Å²) in [7, 11) is 0. The van der Waals surface area contributed by atoms with E-state index < -0.39 is 5.97 Å². The van der Waals surface area contributed by atoms with Crippen LogP contribution in [-0.4, -0.2) is 23.4 Å². The third-order valence-electron chi connectivity index (χ3n) is 5.34. The number of ether oxygens (including phenoxy) is 1. The highest BCUT2D eigenvalue weighted by Crippen LogP contribution is 2.32. The van der Waals surface area contributed by atoms with Crippen molar-refractivity contribution in [3.63, 3.8) is 0 Å². The van der Waals surface area contributed by atoms with Crippen LogP contribution in [0.15, 0.2) is 82.1 Å². The standard InChI is InChI=1S/C27H26ClNO3S/c1-3-31-27(30)26-19(2)24-17-23(12-13-25(24)32-26)33-29(15-14-20-8-5-4-6-9-20)18-21-10-7-11-22(28)16-21/h4-13,16-17H,3,14-15,18H2,1-2H3. The quantitative estimate of drug-likeness (QED) is 0.186. The molecule has 1 aromatic heterocycles. The van der Waals surface area contributed by atoms with Crippen LogP contribution in [0.5, 0.6) is 0 Å². The van der Waals surface area contributed by atoms with Gasteiger partial charge in [0.2, 0.25) is 5.76 Å². The van der Waals surface area contributed by atoms with Crippen LogP contribution in [0.1, 0.15) is 34.2 Å². The zero-order valence-electron chi connectivity index (χ0n) is 18.7. The maximum absolute atomic E-state index is 12.2. The first-order chi connectivity index (χ1) is 16.0. The van der Waals surface area contributed by atoms with E-state index in [1.807, 2.05) is 43.3 Å². The molecular formula is C27H26ClNO3S. The number of furan rings is 1. The molecule has 0 atom stereocenters. The van der Waals surface area contributed by atoms with E-state index in [0.717, 1.165) is 45.9 Å². The average molecular weight is 480 g/mol. The van der Waals surface area contributed by atoms with Crippen molar-refractivity contribution < 1.29 is 13.9 Å². The highest BCUT2D eigenvalue weighted by Gasteiger charge is 2.19. The van der Waals surface area contributed by atoms with E-state index in [4.69, 9.17) is 20.8 Å². The van der Waals surface area contributed by atoms with Crippen LogP contribution in [0.4, 0.5) is 0 Å². The summed E-state index contributed by atoms with van der Waals surface area (Å²) in [5.74, 6) is -0.153. The van der Waals surface area contributed by atoms with Gasteiger partial charge in [0.25, 0.3) is 0 Å². The zero-order valence-corrected chi connectivity index (χ0v) is 20.3. The molecule has 33 heavy (non-hydrogen) atoms. The first-order valence-corrected chi connectivity index (χ1v) is 12.1. The van der Waals surface area contributed by atoms with Gasteiger partial charge in [-0.3, -0.25) is 0 Å². The Morgan fingerprint density at radius 3 is 2.58 bits per heavy atom. The van der Waals surface area contributed by atoms with Gasteiger partial charge < -0.3 is 9.15 Å². The highest BCUT2D eigenvalue weighted by molar-refractivity contribution is 7.97. The van der Waals surface area contributed by atoms with E-state index >= 15 is 0 Å². The Balaban J connectivity index is 1.57. The van der Waals surface area contributed by atoms with Crippen molar-refractivity contribution in [1.29, 1.82) is 0 Å². The lowest BCUT2D eigenvalue weighted by Gasteiger charge is -2.21. The SMILES string of the molecule is CCOC(=O)c1oc2ccc(SN(CCc3ccccc3)Cc3cccc(Cl)c3)cc2c1C. The molecule has 0 unspecified atom stereocenters. The van der Waals surface area contributed by atoms with Crippen molar-refractivity contribution >= 4 is 40.5 Å². The number of carbonyl (C=O) groups excluding carboxylic acids is 1. The Morgan fingerprint density at radius 2 is 1.82 bits per heavy atom. The summed E-state index contributed by atoms with van der Waals surface area (Å²) in [6.45, 7) is 5.63. The number of benzene rings is 3. The van der Waals surface area contributed by atoms with Crippen molar-refractivity contribution in [1.82, 2.24) is 4.31 Å². The summed E-state index contributed by atoms with van der Waals surface area (Å²) in [6, 6.07) is 24.5. The van der Waals surface area contributed by atoms with E-state index in [9.17, 15) is 4.79 Å². The third-order valence-corrected chi connectivity index (χ3v) is 6.61. The Labute approximate surface area is 203 Å². The number of hydrogen-bond acceptors (Lipinski definition) is 5. The van der Waals surface area contributed by atoms with E-state index in [1.54, 1.807) is 18.9 Å². The minimum Gasteiger partial charge on any atom is -0.460 e. The summed E-state index contributed by atoms with van der Waals surface area (Å²) in [4.78, 5) is 13.3. The molecule has 4 rings (SSSR count).